The van der Waals surface area contributed by atoms with E-state index >= 15 is 0 Å². The van der Waals surface area contributed by atoms with Crippen LogP contribution >= 0.6 is 12.2 Å². The van der Waals surface area contributed by atoms with Crippen molar-refractivity contribution < 1.29 is 19.7 Å². The molecule has 0 aliphatic carbocycles. The lowest BCUT2D eigenvalue weighted by Crippen LogP contribution is -2.45. The van der Waals surface area contributed by atoms with Gasteiger partial charge in [0, 0.05) is 11.8 Å². The van der Waals surface area contributed by atoms with Gasteiger partial charge < -0.3 is 25.6 Å². The molecular weight excluding hydrogens is 292 g/mol. The summed E-state index contributed by atoms with van der Waals surface area (Å²) in [6, 6.07) is 3.52. The molecule has 0 amide bonds. The fourth-order valence-corrected chi connectivity index (χ4v) is 2.48. The van der Waals surface area contributed by atoms with E-state index in [9.17, 15) is 15.0 Å². The second-order valence-electron chi connectivity index (χ2n) is 4.57. The number of ether oxygens (including phenoxy) is 1. The minimum Gasteiger partial charge on any atom is -0.508 e. The average molecular weight is 308 g/mol. The molecule has 0 radical (unpaired) electrons. The molecule has 6 nitrogen and oxygen atoms in total. The van der Waals surface area contributed by atoms with Crippen molar-refractivity contribution in [2.75, 3.05) is 6.61 Å². The fourth-order valence-electron chi connectivity index (χ4n) is 2.21. The summed E-state index contributed by atoms with van der Waals surface area (Å²) < 4.78 is 5.05. The largest absolute Gasteiger partial charge is 0.508 e. The molecule has 1 aliphatic rings. The third-order valence-electron chi connectivity index (χ3n) is 3.02. The average Bonchev–Trinajstić information content (AvgIpc) is 2.36. The van der Waals surface area contributed by atoms with Gasteiger partial charge >= 0.3 is 5.97 Å². The van der Waals surface area contributed by atoms with Gasteiger partial charge in [-0.1, -0.05) is 0 Å². The Kier molecular flexibility index (Phi) is 4.32. The van der Waals surface area contributed by atoms with E-state index in [-0.39, 0.29) is 18.1 Å². The van der Waals surface area contributed by atoms with Crippen molar-refractivity contribution in [3.8, 4) is 11.5 Å². The Balaban J connectivity index is 2.49. The van der Waals surface area contributed by atoms with Gasteiger partial charge in [0.15, 0.2) is 5.11 Å². The number of rotatable bonds is 3. The Morgan fingerprint density at radius 3 is 2.52 bits per heavy atom. The van der Waals surface area contributed by atoms with E-state index in [1.807, 2.05) is 0 Å². The predicted molar refractivity (Wildman–Crippen MR) is 80.7 cm³/mol. The molecule has 2 rings (SSSR count). The van der Waals surface area contributed by atoms with Crippen molar-refractivity contribution in [3.63, 3.8) is 0 Å². The molecule has 0 fully saturated rings. The van der Waals surface area contributed by atoms with Gasteiger partial charge in [-0.3, -0.25) is 0 Å². The number of aromatic hydroxyl groups is 2. The number of carbonyl (C=O) groups excluding carboxylic acids is 1. The van der Waals surface area contributed by atoms with Crippen LogP contribution in [0.4, 0.5) is 0 Å². The highest BCUT2D eigenvalue weighted by molar-refractivity contribution is 7.80. The Hall–Kier alpha value is -2.28. The first kappa shape index (κ1) is 15.1. The predicted octanol–water partition coefficient (Wildman–Crippen LogP) is 1.45. The monoisotopic (exact) mass is 308 g/mol. The van der Waals surface area contributed by atoms with Gasteiger partial charge in [0.05, 0.1) is 18.2 Å². The van der Waals surface area contributed by atoms with Crippen LogP contribution in [0.5, 0.6) is 11.5 Å². The van der Waals surface area contributed by atoms with Crippen LogP contribution in [0, 0.1) is 0 Å². The normalized spacial score (nSPS) is 18.0. The standard InChI is InChI=1S/C14H16N2O4S/c1-3-20-13(19)11-7(2)15-14(21)16-12(11)8-4-9(17)6-10(18)5-8/h4-6,12,17-18H,3H2,1-2H3,(H2,15,16,21). The van der Waals surface area contributed by atoms with Crippen LogP contribution in [-0.2, 0) is 9.53 Å². The Labute approximate surface area is 127 Å². The lowest BCUT2D eigenvalue weighted by Gasteiger charge is -2.29. The number of nitrogens with one attached hydrogen (secondary N) is 2. The van der Waals surface area contributed by atoms with Crippen molar-refractivity contribution in [3.05, 3.63) is 35.0 Å². The molecule has 4 N–H and O–H groups in total. The van der Waals surface area contributed by atoms with E-state index in [1.54, 1.807) is 13.8 Å². The second-order valence-corrected chi connectivity index (χ2v) is 4.98. The quantitative estimate of drug-likeness (QED) is 0.496. The molecule has 0 aromatic heterocycles. The highest BCUT2D eigenvalue weighted by Gasteiger charge is 2.31. The van der Waals surface area contributed by atoms with Crippen LogP contribution in [0.15, 0.2) is 29.5 Å². The van der Waals surface area contributed by atoms with E-state index in [0.29, 0.717) is 21.9 Å². The van der Waals surface area contributed by atoms with Crippen molar-refractivity contribution in [2.45, 2.75) is 19.9 Å². The van der Waals surface area contributed by atoms with E-state index in [4.69, 9.17) is 17.0 Å². The molecule has 1 aromatic rings. The van der Waals surface area contributed by atoms with E-state index < -0.39 is 12.0 Å². The molecular formula is C14H16N2O4S. The third kappa shape index (κ3) is 3.25. The molecule has 0 saturated carbocycles. The number of allylic oxidation sites excluding steroid dienone is 1. The van der Waals surface area contributed by atoms with Gasteiger partial charge in [0.1, 0.15) is 11.5 Å². The maximum Gasteiger partial charge on any atom is 0.338 e. The molecule has 7 heteroatoms. The van der Waals surface area contributed by atoms with Gasteiger partial charge in [0.25, 0.3) is 0 Å². The van der Waals surface area contributed by atoms with Crippen LogP contribution in [0.2, 0.25) is 0 Å². The zero-order valence-corrected chi connectivity index (χ0v) is 12.5. The Morgan fingerprint density at radius 1 is 1.33 bits per heavy atom. The highest BCUT2D eigenvalue weighted by atomic mass is 32.1. The molecule has 112 valence electrons. The molecule has 0 bridgehead atoms. The maximum absolute atomic E-state index is 12.1. The van der Waals surface area contributed by atoms with Gasteiger partial charge in [-0.15, -0.1) is 0 Å². The summed E-state index contributed by atoms with van der Waals surface area (Å²) >= 11 is 5.10. The zero-order chi connectivity index (χ0) is 15.6. The highest BCUT2D eigenvalue weighted by Crippen LogP contribution is 2.32. The number of esters is 1. The van der Waals surface area contributed by atoms with Crippen molar-refractivity contribution in [2.24, 2.45) is 0 Å². The lowest BCUT2D eigenvalue weighted by molar-refractivity contribution is -0.139. The summed E-state index contributed by atoms with van der Waals surface area (Å²) in [5.74, 6) is -0.681. The third-order valence-corrected chi connectivity index (χ3v) is 3.24. The number of thiocarbonyl (C=S) groups is 1. The first-order valence-corrected chi connectivity index (χ1v) is 6.81. The number of carbonyl (C=O) groups is 1. The van der Waals surface area contributed by atoms with E-state index in [1.165, 1.54) is 18.2 Å². The van der Waals surface area contributed by atoms with Crippen LogP contribution in [0.25, 0.3) is 0 Å². The molecule has 1 unspecified atom stereocenters. The SMILES string of the molecule is CCOC(=O)C1=C(C)NC(=S)NC1c1cc(O)cc(O)c1. The first-order valence-electron chi connectivity index (χ1n) is 6.40. The molecule has 1 aromatic carbocycles. The van der Waals surface area contributed by atoms with Crippen molar-refractivity contribution >= 4 is 23.3 Å². The Bertz CT molecular complexity index is 607. The van der Waals surface area contributed by atoms with E-state index in [0.717, 1.165) is 0 Å². The van der Waals surface area contributed by atoms with E-state index in [2.05, 4.69) is 10.6 Å². The minimum atomic E-state index is -0.601. The zero-order valence-electron chi connectivity index (χ0n) is 11.6. The topological polar surface area (TPSA) is 90.8 Å². The number of phenolic OH excluding ortho intramolecular Hbond substituents is 2. The van der Waals surface area contributed by atoms with Gasteiger partial charge in [-0.05, 0) is 43.8 Å². The number of hydrogen-bond donors (Lipinski definition) is 4. The second kappa shape index (κ2) is 6.01. The lowest BCUT2D eigenvalue weighted by atomic mass is 9.95. The molecule has 0 spiro atoms. The molecule has 1 aliphatic heterocycles. The first-order chi connectivity index (χ1) is 9.92. The van der Waals surface area contributed by atoms with Gasteiger partial charge in [0.2, 0.25) is 0 Å². The number of phenols is 2. The fraction of sp³-hybridized carbons (Fsp3) is 0.286. The summed E-state index contributed by atoms with van der Waals surface area (Å²) in [6.45, 7) is 3.68. The molecule has 1 atom stereocenters. The smallest absolute Gasteiger partial charge is 0.338 e. The maximum atomic E-state index is 12.1. The Morgan fingerprint density at radius 2 is 1.95 bits per heavy atom. The number of benzene rings is 1. The summed E-state index contributed by atoms with van der Waals surface area (Å²) in [4.78, 5) is 12.1. The summed E-state index contributed by atoms with van der Waals surface area (Å²) in [6.07, 6.45) is 0. The summed E-state index contributed by atoms with van der Waals surface area (Å²) in [5, 5.41) is 25.4. The number of hydrogen-bond acceptors (Lipinski definition) is 5. The summed E-state index contributed by atoms with van der Waals surface area (Å²) in [7, 11) is 0. The van der Waals surface area contributed by atoms with Crippen LogP contribution in [0.3, 0.4) is 0 Å². The van der Waals surface area contributed by atoms with Crippen LogP contribution < -0.4 is 10.6 Å². The molecule has 1 heterocycles. The van der Waals surface area contributed by atoms with Crippen molar-refractivity contribution in [1.29, 1.82) is 0 Å². The summed E-state index contributed by atoms with van der Waals surface area (Å²) in [5.41, 5.74) is 1.44. The molecule has 0 saturated heterocycles. The van der Waals surface area contributed by atoms with Crippen LogP contribution in [-0.4, -0.2) is 27.9 Å². The molecule has 21 heavy (non-hydrogen) atoms. The van der Waals surface area contributed by atoms with Crippen LogP contribution in [0.1, 0.15) is 25.5 Å². The van der Waals surface area contributed by atoms with Gasteiger partial charge in [-0.2, -0.15) is 0 Å². The van der Waals surface area contributed by atoms with Gasteiger partial charge in [-0.25, -0.2) is 4.79 Å². The van der Waals surface area contributed by atoms with Crippen molar-refractivity contribution in [1.82, 2.24) is 10.6 Å². The minimum absolute atomic E-state index is 0.0999.